The van der Waals surface area contributed by atoms with Gasteiger partial charge in [-0.3, -0.25) is 24.0 Å². The number of sulfonamides is 1. The van der Waals surface area contributed by atoms with Gasteiger partial charge in [0.2, 0.25) is 33.6 Å². The highest BCUT2D eigenvalue weighted by Crippen LogP contribution is 2.54. The first-order valence-corrected chi connectivity index (χ1v) is 24.7. The molecule has 4 aliphatic carbocycles. The Balaban J connectivity index is 1.09. The number of carbonyl (C=O) groups excluding carboxylic acids is 3. The first-order chi connectivity index (χ1) is 31.0. The summed E-state index contributed by atoms with van der Waals surface area (Å²) in [5.74, 6) is -0.505. The van der Waals surface area contributed by atoms with E-state index in [1.807, 2.05) is 57.2 Å². The van der Waals surface area contributed by atoms with Crippen LogP contribution in [0.25, 0.3) is 22.0 Å². The standard InChI is InChI=1S/C48H60N6O10S/c1-26(2)63-41-15-10-29(24-49-41)39-21-32-20-35(62-5)11-14-38(32)44(50-39)64-36-22-40-43(55)51-48(46(57)52-65(60,61)37-12-13-37)23-33(48)9-7-6-8-27(3)16-28(4)42(45(56)53(40)25-36)54(47(58)59)34-18-30-17-31(30)19-34/h7,9-11,14-15,20-21,24,26-28,30-31,33-34,36-37,40,42H,6,8,12-13,16-19,22-23,25H2,1-5H3,(H,51,55)(H,52,57)(H,58,59)/b9-7-/t27-,28+,30-,31?,33+,34+,36+,40-,42-,48+/m0/s1. The molecule has 65 heavy (non-hydrogen) atoms. The highest BCUT2D eigenvalue weighted by molar-refractivity contribution is 7.91. The van der Waals surface area contributed by atoms with Gasteiger partial charge in [0.1, 0.15) is 29.5 Å². The number of hydrogen-bond acceptors (Lipinski definition) is 11. The number of hydrogen-bond donors (Lipinski definition) is 3. The van der Waals surface area contributed by atoms with Crippen LogP contribution in [0, 0.1) is 29.6 Å². The Morgan fingerprint density at radius 1 is 1.02 bits per heavy atom. The summed E-state index contributed by atoms with van der Waals surface area (Å²) in [7, 11) is -2.37. The maximum Gasteiger partial charge on any atom is 0.408 e. The molecule has 17 heteroatoms. The molecule has 1 saturated heterocycles. The molecule has 348 valence electrons. The molecule has 9 rings (SSSR count). The second-order valence-electron chi connectivity index (χ2n) is 19.7. The number of allylic oxidation sites excluding steroid dienone is 1. The summed E-state index contributed by atoms with van der Waals surface area (Å²) in [4.78, 5) is 70.1. The summed E-state index contributed by atoms with van der Waals surface area (Å²) in [6, 6.07) is 8.38. The molecule has 4 heterocycles. The Morgan fingerprint density at radius 3 is 2.46 bits per heavy atom. The van der Waals surface area contributed by atoms with Gasteiger partial charge in [0.05, 0.1) is 30.7 Å². The van der Waals surface area contributed by atoms with E-state index in [0.717, 1.165) is 18.2 Å². The van der Waals surface area contributed by atoms with E-state index < -0.39 is 74.7 Å². The third-order valence-electron chi connectivity index (χ3n) is 14.4. The molecule has 1 aromatic carbocycles. The van der Waals surface area contributed by atoms with Crippen molar-refractivity contribution in [1.82, 2.24) is 29.8 Å². The Morgan fingerprint density at radius 2 is 1.78 bits per heavy atom. The van der Waals surface area contributed by atoms with Crippen LogP contribution < -0.4 is 24.2 Å². The minimum Gasteiger partial charge on any atom is -0.497 e. The molecule has 16 nitrogen and oxygen atoms in total. The number of aromatic nitrogens is 2. The monoisotopic (exact) mass is 912 g/mol. The van der Waals surface area contributed by atoms with Crippen LogP contribution in [0.1, 0.15) is 91.9 Å². The van der Waals surface area contributed by atoms with E-state index in [-0.39, 0.29) is 43.3 Å². The van der Waals surface area contributed by atoms with Crippen LogP contribution in [0.5, 0.6) is 17.5 Å². The number of carboxylic acid groups (broad SMARTS) is 1. The third-order valence-corrected chi connectivity index (χ3v) is 16.2. The van der Waals surface area contributed by atoms with E-state index in [4.69, 9.17) is 19.2 Å². The van der Waals surface area contributed by atoms with E-state index >= 15 is 4.79 Å². The van der Waals surface area contributed by atoms with Gasteiger partial charge in [-0.05, 0) is 131 Å². The fraction of sp³-hybridized carbons (Fsp3) is 0.583. The lowest BCUT2D eigenvalue weighted by Crippen LogP contribution is -2.61. The van der Waals surface area contributed by atoms with Crippen LogP contribution in [-0.2, 0) is 24.4 Å². The first-order valence-electron chi connectivity index (χ1n) is 23.2. The van der Waals surface area contributed by atoms with Crippen molar-refractivity contribution in [1.29, 1.82) is 0 Å². The maximum atomic E-state index is 15.5. The lowest BCUT2D eigenvalue weighted by molar-refractivity contribution is -0.145. The van der Waals surface area contributed by atoms with Crippen molar-refractivity contribution in [2.75, 3.05) is 13.7 Å². The van der Waals surface area contributed by atoms with Crippen molar-refractivity contribution in [2.45, 2.75) is 133 Å². The molecule has 6 aliphatic rings. The number of nitrogens with one attached hydrogen (secondary N) is 2. The number of carbonyl (C=O) groups is 4. The van der Waals surface area contributed by atoms with Gasteiger partial charge in [0.25, 0.3) is 5.91 Å². The van der Waals surface area contributed by atoms with Crippen LogP contribution in [0.2, 0.25) is 0 Å². The number of methoxy groups -OCH3 is 1. The molecule has 0 spiro atoms. The fourth-order valence-corrected chi connectivity index (χ4v) is 12.0. The molecular weight excluding hydrogens is 853 g/mol. The molecular formula is C48H60N6O10S. The molecule has 0 radical (unpaired) electrons. The molecule has 0 bridgehead atoms. The molecule has 5 fully saturated rings. The lowest BCUT2D eigenvalue weighted by Gasteiger charge is -2.40. The van der Waals surface area contributed by atoms with Gasteiger partial charge in [-0.15, -0.1) is 0 Å². The van der Waals surface area contributed by atoms with Crippen LogP contribution in [-0.4, -0.2) is 112 Å². The minimum atomic E-state index is -3.95. The van der Waals surface area contributed by atoms with Crippen molar-refractivity contribution >= 4 is 44.6 Å². The Labute approximate surface area is 379 Å². The highest BCUT2D eigenvalue weighted by atomic mass is 32.2. The molecule has 10 atom stereocenters. The minimum absolute atomic E-state index is 0.0132. The molecule has 3 N–H and O–H groups in total. The smallest absolute Gasteiger partial charge is 0.408 e. The summed E-state index contributed by atoms with van der Waals surface area (Å²) in [5, 5.41) is 14.6. The largest absolute Gasteiger partial charge is 0.497 e. The Bertz CT molecular complexity index is 2490. The second-order valence-corrected chi connectivity index (χ2v) is 21.7. The zero-order valence-electron chi connectivity index (χ0n) is 37.6. The van der Waals surface area contributed by atoms with Crippen molar-refractivity contribution in [2.24, 2.45) is 29.6 Å². The van der Waals surface area contributed by atoms with Crippen LogP contribution >= 0.6 is 0 Å². The SMILES string of the molecule is COc1ccc2c(O[C@@H]3C[C@H]4C(=O)N[C@]5(C(=O)NS(=O)(=O)C6CC6)C[C@H]5/C=C\CC[C@H](C)C[C@@H](C)[C@H](N(C(=O)O)[C@H]5CC6C[C@H]6C5)C(=O)N4C3)nc(-c3ccc(OC(C)C)nc3)cc2c1. The zero-order chi connectivity index (χ0) is 45.9. The Hall–Kier alpha value is -5.45. The summed E-state index contributed by atoms with van der Waals surface area (Å²) in [6.07, 6.45) is 8.97. The van der Waals surface area contributed by atoms with Gasteiger partial charge in [-0.25, -0.2) is 23.2 Å². The number of ether oxygens (including phenoxy) is 3. The number of nitrogens with zero attached hydrogens (tertiary/aromatic N) is 4. The van der Waals surface area contributed by atoms with Crippen molar-refractivity contribution in [3.63, 3.8) is 0 Å². The zero-order valence-corrected chi connectivity index (χ0v) is 38.5. The van der Waals surface area contributed by atoms with Crippen LogP contribution in [0.3, 0.4) is 0 Å². The van der Waals surface area contributed by atoms with E-state index in [2.05, 4.69) is 21.9 Å². The second kappa shape index (κ2) is 17.4. The number of rotatable bonds is 11. The van der Waals surface area contributed by atoms with E-state index in [0.29, 0.717) is 78.6 Å². The predicted molar refractivity (Wildman–Crippen MR) is 240 cm³/mol. The number of benzene rings is 1. The molecule has 1 unspecified atom stereocenters. The van der Waals surface area contributed by atoms with Gasteiger partial charge < -0.3 is 29.5 Å². The summed E-state index contributed by atoms with van der Waals surface area (Å²) in [6.45, 7) is 7.78. The van der Waals surface area contributed by atoms with E-state index in [1.54, 1.807) is 25.4 Å². The van der Waals surface area contributed by atoms with Crippen molar-refractivity contribution in [3.05, 3.63) is 54.7 Å². The Kier molecular flexibility index (Phi) is 12.0. The van der Waals surface area contributed by atoms with Gasteiger partial charge in [0.15, 0.2) is 0 Å². The number of amides is 4. The molecule has 2 aliphatic heterocycles. The molecule has 3 aromatic rings. The van der Waals surface area contributed by atoms with Crippen LogP contribution in [0.15, 0.2) is 54.7 Å². The van der Waals surface area contributed by atoms with Gasteiger partial charge in [-0.2, -0.15) is 0 Å². The summed E-state index contributed by atoms with van der Waals surface area (Å²) in [5.41, 5.74) is -0.328. The number of pyridine rings is 2. The topological polar surface area (TPSA) is 207 Å². The first kappa shape index (κ1) is 44.7. The van der Waals surface area contributed by atoms with Crippen LogP contribution in [0.4, 0.5) is 4.79 Å². The average Bonchev–Trinajstić information content (AvgIpc) is 4.23. The normalized spacial score (nSPS) is 31.7. The third kappa shape index (κ3) is 9.21. The molecule has 4 amide bonds. The average molecular weight is 913 g/mol. The lowest BCUT2D eigenvalue weighted by atomic mass is 9.86. The fourth-order valence-electron chi connectivity index (χ4n) is 10.7. The highest BCUT2D eigenvalue weighted by Gasteiger charge is 2.62. The summed E-state index contributed by atoms with van der Waals surface area (Å²) < 4.78 is 46.5. The maximum absolute atomic E-state index is 15.5. The molecule has 2 aromatic heterocycles. The summed E-state index contributed by atoms with van der Waals surface area (Å²) >= 11 is 0. The van der Waals surface area contributed by atoms with E-state index in [9.17, 15) is 27.9 Å². The van der Waals surface area contributed by atoms with Gasteiger partial charge >= 0.3 is 6.09 Å². The quantitative estimate of drug-likeness (QED) is 0.187. The predicted octanol–water partition coefficient (Wildman–Crippen LogP) is 6.08. The number of fused-ring (bicyclic) bond motifs is 4. The van der Waals surface area contributed by atoms with Gasteiger partial charge in [0, 0.05) is 41.6 Å². The van der Waals surface area contributed by atoms with Crippen molar-refractivity contribution < 1.29 is 46.9 Å². The van der Waals surface area contributed by atoms with E-state index in [1.165, 1.54) is 9.80 Å². The van der Waals surface area contributed by atoms with Crippen molar-refractivity contribution in [3.8, 4) is 28.8 Å². The molecule has 4 saturated carbocycles. The van der Waals surface area contributed by atoms with Gasteiger partial charge in [-0.1, -0.05) is 26.0 Å².